The first-order valence-corrected chi connectivity index (χ1v) is 6.25. The molecular formula is C9H18I2O2. The van der Waals surface area contributed by atoms with E-state index in [1.165, 1.54) is 30.1 Å². The van der Waals surface area contributed by atoms with Crippen molar-refractivity contribution in [3.05, 3.63) is 0 Å². The van der Waals surface area contributed by atoms with Crippen LogP contribution in [0.5, 0.6) is 0 Å². The van der Waals surface area contributed by atoms with Crippen LogP contribution in [-0.2, 0) is 9.47 Å². The van der Waals surface area contributed by atoms with Gasteiger partial charge in [0.15, 0.2) is 6.29 Å². The van der Waals surface area contributed by atoms with E-state index in [0.29, 0.717) is 0 Å². The summed E-state index contributed by atoms with van der Waals surface area (Å²) in [6, 6.07) is 0. The van der Waals surface area contributed by atoms with Gasteiger partial charge in [-0.05, 0) is 36.5 Å². The molecule has 13 heavy (non-hydrogen) atoms. The monoisotopic (exact) mass is 412 g/mol. The molecule has 1 aliphatic rings. The van der Waals surface area contributed by atoms with Gasteiger partial charge in [0.1, 0.15) is 0 Å². The number of unbranched alkanes of at least 4 members (excludes halogenated alkanes) is 1. The van der Waals surface area contributed by atoms with Crippen molar-refractivity contribution < 1.29 is 9.47 Å². The van der Waals surface area contributed by atoms with Gasteiger partial charge in [0.05, 0.1) is 0 Å². The predicted octanol–water partition coefficient (Wildman–Crippen LogP) is 3.36. The van der Waals surface area contributed by atoms with Gasteiger partial charge in [0.2, 0.25) is 0 Å². The van der Waals surface area contributed by atoms with Crippen LogP contribution in [0.1, 0.15) is 32.1 Å². The molecule has 4 heteroatoms. The van der Waals surface area contributed by atoms with Crippen LogP contribution in [0.2, 0.25) is 0 Å². The van der Waals surface area contributed by atoms with Gasteiger partial charge in [0, 0.05) is 13.2 Å². The van der Waals surface area contributed by atoms with Crippen LogP contribution >= 0.6 is 46.6 Å². The van der Waals surface area contributed by atoms with Crippen molar-refractivity contribution in [3.8, 4) is 0 Å². The lowest BCUT2D eigenvalue weighted by Gasteiger charge is -2.22. The summed E-state index contributed by atoms with van der Waals surface area (Å²) in [5, 5.41) is 0. The normalized spacial score (nSPS) is 22.4. The van der Waals surface area contributed by atoms with Crippen molar-refractivity contribution in [1.82, 2.24) is 0 Å². The molecule has 1 heterocycles. The van der Waals surface area contributed by atoms with Crippen molar-refractivity contribution in [2.75, 3.05) is 17.6 Å². The third kappa shape index (κ3) is 7.33. The minimum atomic E-state index is 0. The van der Waals surface area contributed by atoms with Crippen molar-refractivity contribution in [2.24, 2.45) is 0 Å². The summed E-state index contributed by atoms with van der Waals surface area (Å²) in [6.07, 6.45) is 6.08. The predicted molar refractivity (Wildman–Crippen MR) is 73.1 cm³/mol. The Hall–Kier alpha value is 1.38. The highest BCUT2D eigenvalue weighted by molar-refractivity contribution is 14.1. The van der Waals surface area contributed by atoms with Crippen LogP contribution in [0.25, 0.3) is 0 Å². The van der Waals surface area contributed by atoms with E-state index >= 15 is 0 Å². The van der Waals surface area contributed by atoms with E-state index in [2.05, 4.69) is 22.6 Å². The zero-order chi connectivity index (χ0) is 8.65. The van der Waals surface area contributed by atoms with Gasteiger partial charge < -0.3 is 9.47 Å². The van der Waals surface area contributed by atoms with E-state index in [4.69, 9.17) is 9.47 Å². The van der Waals surface area contributed by atoms with Crippen molar-refractivity contribution in [2.45, 2.75) is 38.4 Å². The molecule has 1 atom stereocenters. The Balaban J connectivity index is 0.00000144. The zero-order valence-electron chi connectivity index (χ0n) is 7.84. The molecular weight excluding hydrogens is 394 g/mol. The van der Waals surface area contributed by atoms with Gasteiger partial charge in [-0.25, -0.2) is 0 Å². The SMILES string of the molecule is I.ICCCCOC1CCCCO1. The fourth-order valence-electron chi connectivity index (χ4n) is 1.25. The van der Waals surface area contributed by atoms with Crippen LogP contribution < -0.4 is 0 Å². The van der Waals surface area contributed by atoms with Gasteiger partial charge in [-0.3, -0.25) is 0 Å². The first kappa shape index (κ1) is 14.4. The maximum atomic E-state index is 5.56. The van der Waals surface area contributed by atoms with Crippen molar-refractivity contribution in [3.63, 3.8) is 0 Å². The summed E-state index contributed by atoms with van der Waals surface area (Å²) in [7, 11) is 0. The molecule has 2 nitrogen and oxygen atoms in total. The Morgan fingerprint density at radius 3 is 2.77 bits per heavy atom. The Kier molecular flexibility index (Phi) is 11.0. The Morgan fingerprint density at radius 2 is 2.15 bits per heavy atom. The van der Waals surface area contributed by atoms with E-state index in [9.17, 15) is 0 Å². The smallest absolute Gasteiger partial charge is 0.157 e. The average Bonchev–Trinajstić information content (AvgIpc) is 2.14. The lowest BCUT2D eigenvalue weighted by Crippen LogP contribution is -2.22. The van der Waals surface area contributed by atoms with E-state index in [0.717, 1.165) is 19.6 Å². The van der Waals surface area contributed by atoms with Gasteiger partial charge >= 0.3 is 0 Å². The molecule has 1 unspecified atom stereocenters. The molecule has 1 aliphatic heterocycles. The summed E-state index contributed by atoms with van der Waals surface area (Å²) in [5.41, 5.74) is 0. The molecule has 0 radical (unpaired) electrons. The minimum Gasteiger partial charge on any atom is -0.353 e. The highest BCUT2D eigenvalue weighted by atomic mass is 127. The largest absolute Gasteiger partial charge is 0.353 e. The van der Waals surface area contributed by atoms with E-state index < -0.39 is 0 Å². The molecule has 0 aliphatic carbocycles. The molecule has 1 fully saturated rings. The Morgan fingerprint density at radius 1 is 1.31 bits per heavy atom. The maximum absolute atomic E-state index is 5.56. The lowest BCUT2D eigenvalue weighted by atomic mass is 10.2. The second-order valence-electron chi connectivity index (χ2n) is 3.06. The summed E-state index contributed by atoms with van der Waals surface area (Å²) in [6.45, 7) is 1.75. The number of alkyl halides is 1. The molecule has 0 amide bonds. The molecule has 1 saturated heterocycles. The number of halogens is 2. The standard InChI is InChI=1S/C9H17IO2.HI/c10-6-2-4-8-12-9-5-1-3-7-11-9;/h9H,1-8H2;1H. The minimum absolute atomic E-state index is 0. The topological polar surface area (TPSA) is 18.5 Å². The van der Waals surface area contributed by atoms with Gasteiger partial charge in [-0.1, -0.05) is 22.6 Å². The van der Waals surface area contributed by atoms with Crippen LogP contribution in [-0.4, -0.2) is 23.9 Å². The number of ether oxygens (including phenoxy) is 2. The van der Waals surface area contributed by atoms with Crippen LogP contribution in [0.3, 0.4) is 0 Å². The van der Waals surface area contributed by atoms with Gasteiger partial charge in [-0.15, -0.1) is 24.0 Å². The molecule has 1 rings (SSSR count). The van der Waals surface area contributed by atoms with Crippen molar-refractivity contribution in [1.29, 1.82) is 0 Å². The molecule has 80 valence electrons. The lowest BCUT2D eigenvalue weighted by molar-refractivity contribution is -0.162. The first-order chi connectivity index (χ1) is 5.93. The average molecular weight is 412 g/mol. The van der Waals surface area contributed by atoms with Gasteiger partial charge in [0.25, 0.3) is 0 Å². The second kappa shape index (κ2) is 9.92. The van der Waals surface area contributed by atoms with Gasteiger partial charge in [-0.2, -0.15) is 0 Å². The quantitative estimate of drug-likeness (QED) is 0.392. The number of hydrogen-bond acceptors (Lipinski definition) is 2. The van der Waals surface area contributed by atoms with Crippen molar-refractivity contribution >= 4 is 46.6 Å². The molecule has 0 spiro atoms. The van der Waals surface area contributed by atoms with E-state index in [1.807, 2.05) is 0 Å². The Bertz CT molecular complexity index is 106. The highest BCUT2D eigenvalue weighted by Crippen LogP contribution is 2.13. The highest BCUT2D eigenvalue weighted by Gasteiger charge is 2.12. The molecule has 0 saturated carbocycles. The first-order valence-electron chi connectivity index (χ1n) is 4.72. The maximum Gasteiger partial charge on any atom is 0.157 e. The van der Waals surface area contributed by atoms with E-state index in [-0.39, 0.29) is 30.3 Å². The second-order valence-corrected chi connectivity index (χ2v) is 4.14. The third-order valence-corrected chi connectivity index (χ3v) is 2.73. The number of hydrogen-bond donors (Lipinski definition) is 0. The zero-order valence-corrected chi connectivity index (χ0v) is 12.3. The summed E-state index contributed by atoms with van der Waals surface area (Å²) in [4.78, 5) is 0. The van der Waals surface area contributed by atoms with Crippen LogP contribution in [0.4, 0.5) is 0 Å². The third-order valence-electron chi connectivity index (χ3n) is 1.97. The summed E-state index contributed by atoms with van der Waals surface area (Å²) >= 11 is 2.39. The number of rotatable bonds is 5. The molecule has 0 aromatic carbocycles. The molecule has 0 bridgehead atoms. The van der Waals surface area contributed by atoms with Crippen LogP contribution in [0, 0.1) is 0 Å². The summed E-state index contributed by atoms with van der Waals surface area (Å²) in [5.74, 6) is 0. The molecule has 0 aromatic rings. The molecule has 0 aromatic heterocycles. The Labute approximate surface area is 111 Å². The fraction of sp³-hybridized carbons (Fsp3) is 1.00. The van der Waals surface area contributed by atoms with E-state index in [1.54, 1.807) is 0 Å². The van der Waals surface area contributed by atoms with Crippen LogP contribution in [0.15, 0.2) is 0 Å². The fourth-order valence-corrected chi connectivity index (χ4v) is 1.79. The molecule has 0 N–H and O–H groups in total. The summed E-state index contributed by atoms with van der Waals surface area (Å²) < 4.78 is 12.2.